The summed E-state index contributed by atoms with van der Waals surface area (Å²) >= 11 is 0. The number of carbonyl (C=O) groups excluding carboxylic acids is 2. The molecule has 1 heterocycles. The Morgan fingerprint density at radius 1 is 1.19 bits per heavy atom. The predicted octanol–water partition coefficient (Wildman–Crippen LogP) is 1.74. The highest BCUT2D eigenvalue weighted by Gasteiger charge is 2.32. The number of amides is 1. The number of fused-ring (bicyclic) bond motifs is 1. The van der Waals surface area contributed by atoms with Gasteiger partial charge in [-0.2, -0.15) is 0 Å². The molecule has 0 saturated heterocycles. The lowest BCUT2D eigenvalue weighted by Crippen LogP contribution is -2.26. The number of hydrogen-bond acceptors (Lipinski definition) is 4. The molecule has 1 aromatic carbocycles. The van der Waals surface area contributed by atoms with Crippen molar-refractivity contribution >= 4 is 17.4 Å². The number of phenols is 1. The minimum Gasteiger partial charge on any atom is -0.506 e. The van der Waals surface area contributed by atoms with Crippen molar-refractivity contribution in [2.24, 2.45) is 0 Å². The van der Waals surface area contributed by atoms with Crippen LogP contribution in [-0.2, 0) is 11.2 Å². The van der Waals surface area contributed by atoms with E-state index in [9.17, 15) is 14.7 Å². The lowest BCUT2D eigenvalue weighted by Gasteiger charge is -2.19. The fourth-order valence-corrected chi connectivity index (χ4v) is 2.41. The molecule has 5 heteroatoms. The van der Waals surface area contributed by atoms with Crippen molar-refractivity contribution in [3.05, 3.63) is 48.6 Å². The molecule has 21 heavy (non-hydrogen) atoms. The van der Waals surface area contributed by atoms with E-state index in [4.69, 9.17) is 0 Å². The highest BCUT2D eigenvalue weighted by Crippen LogP contribution is 2.35. The van der Waals surface area contributed by atoms with E-state index in [-0.39, 0.29) is 17.0 Å². The fourth-order valence-electron chi connectivity index (χ4n) is 2.41. The van der Waals surface area contributed by atoms with Crippen LogP contribution >= 0.6 is 0 Å². The summed E-state index contributed by atoms with van der Waals surface area (Å²) in [5, 5.41) is 12.1. The third kappa shape index (κ3) is 3.03. The lowest BCUT2D eigenvalue weighted by atomic mass is 10.0. The number of ketones is 1. The number of phenolic OH excluding ortho intramolecular Hbond substituents is 1. The number of carbonyl (C=O) groups is 2. The molecule has 2 N–H and O–H groups in total. The summed E-state index contributed by atoms with van der Waals surface area (Å²) < 4.78 is 0. The first kappa shape index (κ1) is 15.0. The number of rotatable bonds is 7. The van der Waals surface area contributed by atoms with E-state index in [1.807, 2.05) is 0 Å². The number of aromatic hydroxyl groups is 1. The molecular weight excluding hydrogens is 268 g/mol. The second-order valence-corrected chi connectivity index (χ2v) is 4.86. The van der Waals surface area contributed by atoms with E-state index < -0.39 is 11.7 Å². The van der Waals surface area contributed by atoms with E-state index in [1.165, 1.54) is 6.07 Å². The lowest BCUT2D eigenvalue weighted by molar-refractivity contribution is -0.112. The van der Waals surface area contributed by atoms with Crippen LogP contribution < -0.4 is 5.32 Å². The number of hydrogen-bond donors (Lipinski definition) is 2. The third-order valence-electron chi connectivity index (χ3n) is 3.41. The smallest absolute Gasteiger partial charge is 0.296 e. The molecule has 1 aliphatic heterocycles. The Balaban J connectivity index is 2.20. The molecule has 1 aromatic rings. The standard InChI is InChI=1S/C16H18N2O3/c1-3-8-18(9-4-2)10-7-11-5-6-12(19)14-13(11)15(20)16(21)17-14/h3-6,19H,1-2,7-10H2,(H,17,20,21). The second kappa shape index (κ2) is 6.37. The number of nitrogens with zero attached hydrogens (tertiary/aromatic N) is 1. The normalized spacial score (nSPS) is 13.2. The summed E-state index contributed by atoms with van der Waals surface area (Å²) in [6.07, 6.45) is 4.22. The van der Waals surface area contributed by atoms with Crippen LogP contribution in [0.5, 0.6) is 5.75 Å². The summed E-state index contributed by atoms with van der Waals surface area (Å²) in [6.45, 7) is 9.57. The molecule has 0 spiro atoms. The Kier molecular flexibility index (Phi) is 4.55. The maximum Gasteiger partial charge on any atom is 0.296 e. The van der Waals surface area contributed by atoms with Gasteiger partial charge in [0.1, 0.15) is 5.75 Å². The van der Waals surface area contributed by atoms with Gasteiger partial charge in [-0.05, 0) is 18.1 Å². The second-order valence-electron chi connectivity index (χ2n) is 4.86. The van der Waals surface area contributed by atoms with Crippen LogP contribution in [-0.4, -0.2) is 41.3 Å². The van der Waals surface area contributed by atoms with Crippen LogP contribution in [0.3, 0.4) is 0 Å². The Bertz CT molecular complexity index is 598. The number of benzene rings is 1. The molecule has 0 fully saturated rings. The van der Waals surface area contributed by atoms with E-state index in [0.29, 0.717) is 13.0 Å². The van der Waals surface area contributed by atoms with E-state index in [0.717, 1.165) is 18.7 Å². The van der Waals surface area contributed by atoms with Gasteiger partial charge < -0.3 is 10.4 Å². The molecule has 1 aliphatic rings. The van der Waals surface area contributed by atoms with E-state index in [2.05, 4.69) is 23.4 Å². The van der Waals surface area contributed by atoms with Crippen molar-refractivity contribution < 1.29 is 14.7 Å². The molecule has 0 unspecified atom stereocenters. The van der Waals surface area contributed by atoms with E-state index in [1.54, 1.807) is 18.2 Å². The average molecular weight is 286 g/mol. The van der Waals surface area contributed by atoms with Crippen molar-refractivity contribution in [1.29, 1.82) is 0 Å². The van der Waals surface area contributed by atoms with Gasteiger partial charge in [-0.25, -0.2) is 0 Å². The first-order valence-electron chi connectivity index (χ1n) is 6.73. The van der Waals surface area contributed by atoms with Gasteiger partial charge in [0, 0.05) is 19.6 Å². The Morgan fingerprint density at radius 3 is 2.48 bits per heavy atom. The highest BCUT2D eigenvalue weighted by atomic mass is 16.3. The SMILES string of the molecule is C=CCN(CC=C)CCc1ccc(O)c2c1C(=O)C(=O)N2. The summed E-state index contributed by atoms with van der Waals surface area (Å²) in [4.78, 5) is 25.5. The van der Waals surface area contributed by atoms with Gasteiger partial charge in [-0.1, -0.05) is 18.2 Å². The van der Waals surface area contributed by atoms with Gasteiger partial charge in [0.15, 0.2) is 0 Å². The third-order valence-corrected chi connectivity index (χ3v) is 3.41. The van der Waals surface area contributed by atoms with Gasteiger partial charge in [0.25, 0.3) is 11.7 Å². The quantitative estimate of drug-likeness (QED) is 0.455. The Morgan fingerprint density at radius 2 is 1.86 bits per heavy atom. The Hall–Kier alpha value is -2.40. The molecule has 2 rings (SSSR count). The minimum absolute atomic E-state index is 0.0815. The van der Waals surface area contributed by atoms with Crippen LogP contribution in [0.25, 0.3) is 0 Å². The molecular formula is C16H18N2O3. The van der Waals surface area contributed by atoms with Gasteiger partial charge >= 0.3 is 0 Å². The zero-order valence-electron chi connectivity index (χ0n) is 11.8. The molecule has 1 amide bonds. The van der Waals surface area contributed by atoms with Gasteiger partial charge in [-0.3, -0.25) is 14.5 Å². The highest BCUT2D eigenvalue weighted by molar-refractivity contribution is 6.52. The van der Waals surface area contributed by atoms with Crippen molar-refractivity contribution in [2.75, 3.05) is 25.0 Å². The molecule has 110 valence electrons. The summed E-state index contributed by atoms with van der Waals surface area (Å²) in [5.74, 6) is -1.36. The molecule has 0 bridgehead atoms. The summed E-state index contributed by atoms with van der Waals surface area (Å²) in [6, 6.07) is 3.19. The first-order valence-corrected chi connectivity index (χ1v) is 6.73. The summed E-state index contributed by atoms with van der Waals surface area (Å²) in [5.41, 5.74) is 1.27. The maximum absolute atomic E-state index is 11.9. The molecule has 0 atom stereocenters. The maximum atomic E-state index is 11.9. The first-order chi connectivity index (χ1) is 10.1. The molecule has 5 nitrogen and oxygen atoms in total. The Labute approximate surface area is 123 Å². The fraction of sp³-hybridized carbons (Fsp3) is 0.250. The van der Waals surface area contributed by atoms with Crippen LogP contribution in [0.4, 0.5) is 5.69 Å². The van der Waals surface area contributed by atoms with Crippen LogP contribution in [0.15, 0.2) is 37.4 Å². The number of anilines is 1. The predicted molar refractivity (Wildman–Crippen MR) is 81.6 cm³/mol. The average Bonchev–Trinajstić information content (AvgIpc) is 2.76. The molecule has 0 saturated carbocycles. The van der Waals surface area contributed by atoms with Crippen LogP contribution in [0.1, 0.15) is 15.9 Å². The monoisotopic (exact) mass is 286 g/mol. The van der Waals surface area contributed by atoms with Crippen molar-refractivity contribution in [3.8, 4) is 5.75 Å². The van der Waals surface area contributed by atoms with Crippen LogP contribution in [0.2, 0.25) is 0 Å². The largest absolute Gasteiger partial charge is 0.506 e. The molecule has 0 radical (unpaired) electrons. The van der Waals surface area contributed by atoms with E-state index >= 15 is 0 Å². The number of Topliss-reactive ketones (excluding diaryl/α,β-unsaturated/α-hetero) is 1. The van der Waals surface area contributed by atoms with Crippen LogP contribution in [0, 0.1) is 0 Å². The van der Waals surface area contributed by atoms with Gasteiger partial charge in [0.2, 0.25) is 0 Å². The topological polar surface area (TPSA) is 69.6 Å². The minimum atomic E-state index is -0.693. The summed E-state index contributed by atoms with van der Waals surface area (Å²) in [7, 11) is 0. The zero-order valence-corrected chi connectivity index (χ0v) is 11.8. The zero-order chi connectivity index (χ0) is 15.4. The molecule has 0 aromatic heterocycles. The van der Waals surface area contributed by atoms with Gasteiger partial charge in [0.05, 0.1) is 11.3 Å². The van der Waals surface area contributed by atoms with Crippen molar-refractivity contribution in [3.63, 3.8) is 0 Å². The van der Waals surface area contributed by atoms with Gasteiger partial charge in [-0.15, -0.1) is 13.2 Å². The van der Waals surface area contributed by atoms with Crippen molar-refractivity contribution in [1.82, 2.24) is 4.90 Å². The van der Waals surface area contributed by atoms with Crippen molar-refractivity contribution in [2.45, 2.75) is 6.42 Å². The molecule has 0 aliphatic carbocycles. The number of nitrogens with one attached hydrogen (secondary N) is 1.